The first-order chi connectivity index (χ1) is 8.38. The van der Waals surface area contributed by atoms with E-state index in [2.05, 4.69) is 15.3 Å². The maximum Gasteiger partial charge on any atom is 0.178 e. The van der Waals surface area contributed by atoms with E-state index in [0.29, 0.717) is 12.5 Å². The fourth-order valence-electron chi connectivity index (χ4n) is 2.59. The van der Waals surface area contributed by atoms with Gasteiger partial charge in [0.2, 0.25) is 0 Å². The first kappa shape index (κ1) is 10.7. The summed E-state index contributed by atoms with van der Waals surface area (Å²) >= 11 is 0. The van der Waals surface area contributed by atoms with Gasteiger partial charge in [-0.15, -0.1) is 5.10 Å². The van der Waals surface area contributed by atoms with Gasteiger partial charge in [0.1, 0.15) is 5.69 Å². The van der Waals surface area contributed by atoms with Gasteiger partial charge in [-0.05, 0) is 12.8 Å². The quantitative estimate of drug-likeness (QED) is 0.853. The molecule has 2 heterocycles. The van der Waals surface area contributed by atoms with E-state index < -0.39 is 0 Å². The van der Waals surface area contributed by atoms with Crippen LogP contribution in [0.2, 0.25) is 0 Å². The normalized spacial score (nSPS) is 17.7. The van der Waals surface area contributed by atoms with E-state index in [0.717, 1.165) is 16.9 Å². The van der Waals surface area contributed by atoms with Crippen LogP contribution in [0.4, 0.5) is 0 Å². The van der Waals surface area contributed by atoms with Gasteiger partial charge in [0.25, 0.3) is 0 Å². The molecule has 2 N–H and O–H groups in total. The van der Waals surface area contributed by atoms with Gasteiger partial charge in [0, 0.05) is 30.4 Å². The van der Waals surface area contributed by atoms with Crippen LogP contribution in [0.25, 0.3) is 5.65 Å². The van der Waals surface area contributed by atoms with Crippen LogP contribution in [0.5, 0.6) is 0 Å². The zero-order valence-corrected chi connectivity index (χ0v) is 9.84. The second kappa shape index (κ2) is 4.41. The lowest BCUT2D eigenvalue weighted by Crippen LogP contribution is -2.06. The van der Waals surface area contributed by atoms with E-state index >= 15 is 0 Å². The predicted molar refractivity (Wildman–Crippen MR) is 64.5 cm³/mol. The van der Waals surface area contributed by atoms with Crippen LogP contribution in [-0.4, -0.2) is 19.8 Å². The zero-order valence-electron chi connectivity index (χ0n) is 9.84. The van der Waals surface area contributed by atoms with Crippen molar-refractivity contribution in [1.82, 2.24) is 19.8 Å². The highest BCUT2D eigenvalue weighted by Crippen LogP contribution is 2.32. The number of hydrogen-bond donors (Lipinski definition) is 1. The summed E-state index contributed by atoms with van der Waals surface area (Å²) in [4.78, 5) is 4.45. The molecule has 2 aromatic rings. The topological polar surface area (TPSA) is 69.1 Å². The Bertz CT molecular complexity index is 513. The molecule has 1 saturated carbocycles. The predicted octanol–water partition coefficient (Wildman–Crippen LogP) is 1.63. The van der Waals surface area contributed by atoms with Crippen molar-refractivity contribution in [3.63, 3.8) is 0 Å². The van der Waals surface area contributed by atoms with Crippen molar-refractivity contribution in [2.24, 2.45) is 5.73 Å². The molecule has 0 saturated heterocycles. The summed E-state index contributed by atoms with van der Waals surface area (Å²) in [6, 6.07) is 0. The van der Waals surface area contributed by atoms with Gasteiger partial charge >= 0.3 is 0 Å². The third-order valence-corrected chi connectivity index (χ3v) is 3.56. The lowest BCUT2D eigenvalue weighted by molar-refractivity contribution is 0.437. The lowest BCUT2D eigenvalue weighted by atomic mass is 9.87. The molecule has 2 aromatic heterocycles. The largest absolute Gasteiger partial charge is 0.326 e. The molecule has 1 aliphatic carbocycles. The molecular formula is C12H17N5. The van der Waals surface area contributed by atoms with Crippen LogP contribution in [0.3, 0.4) is 0 Å². The number of nitrogens with two attached hydrogens (primary N) is 1. The maximum atomic E-state index is 5.59. The molecule has 0 amide bonds. The Balaban J connectivity index is 1.99. The van der Waals surface area contributed by atoms with E-state index in [-0.39, 0.29) is 0 Å². The first-order valence-corrected chi connectivity index (χ1v) is 6.28. The average molecular weight is 231 g/mol. The van der Waals surface area contributed by atoms with Crippen LogP contribution in [-0.2, 0) is 6.54 Å². The summed E-state index contributed by atoms with van der Waals surface area (Å²) in [6.07, 6.45) is 10.1. The molecule has 3 rings (SSSR count). The summed E-state index contributed by atoms with van der Waals surface area (Å²) in [6.45, 7) is 0.488. The molecule has 0 unspecified atom stereocenters. The molecule has 1 fully saturated rings. The van der Waals surface area contributed by atoms with Crippen molar-refractivity contribution in [2.45, 2.75) is 44.6 Å². The Morgan fingerprint density at radius 3 is 2.88 bits per heavy atom. The van der Waals surface area contributed by atoms with Gasteiger partial charge in [0.05, 0.1) is 0 Å². The SMILES string of the molecule is NCc1cnc2c(C3CCCCC3)nnn2c1. The number of fused-ring (bicyclic) bond motifs is 1. The second-order valence-corrected chi connectivity index (χ2v) is 4.74. The fourth-order valence-corrected chi connectivity index (χ4v) is 2.59. The van der Waals surface area contributed by atoms with Gasteiger partial charge in [0.15, 0.2) is 5.65 Å². The Morgan fingerprint density at radius 2 is 2.12 bits per heavy atom. The van der Waals surface area contributed by atoms with Crippen molar-refractivity contribution >= 4 is 5.65 Å². The summed E-state index contributed by atoms with van der Waals surface area (Å²) in [7, 11) is 0. The van der Waals surface area contributed by atoms with Crippen LogP contribution in [0, 0.1) is 0 Å². The van der Waals surface area contributed by atoms with Crippen LogP contribution in [0.15, 0.2) is 12.4 Å². The molecule has 1 aliphatic rings. The molecule has 0 radical (unpaired) electrons. The van der Waals surface area contributed by atoms with Gasteiger partial charge in [-0.3, -0.25) is 0 Å². The van der Waals surface area contributed by atoms with Gasteiger partial charge in [-0.25, -0.2) is 9.50 Å². The highest BCUT2D eigenvalue weighted by atomic mass is 15.4. The van der Waals surface area contributed by atoms with Gasteiger partial charge < -0.3 is 5.73 Å². The number of rotatable bonds is 2. The molecule has 0 aromatic carbocycles. The minimum atomic E-state index is 0.488. The Hall–Kier alpha value is -1.49. The lowest BCUT2D eigenvalue weighted by Gasteiger charge is -2.18. The molecular weight excluding hydrogens is 214 g/mol. The van der Waals surface area contributed by atoms with Crippen LogP contribution in [0.1, 0.15) is 49.3 Å². The van der Waals surface area contributed by atoms with E-state index in [1.54, 1.807) is 4.52 Å². The van der Waals surface area contributed by atoms with Crippen molar-refractivity contribution in [1.29, 1.82) is 0 Å². The van der Waals surface area contributed by atoms with Gasteiger partial charge in [-0.1, -0.05) is 24.5 Å². The standard InChI is InChI=1S/C12H17N5/c13-6-9-7-14-12-11(15-16-17(12)8-9)10-4-2-1-3-5-10/h7-8,10H,1-6,13H2. The Morgan fingerprint density at radius 1 is 1.29 bits per heavy atom. The zero-order chi connectivity index (χ0) is 11.7. The van der Waals surface area contributed by atoms with Crippen molar-refractivity contribution in [3.05, 3.63) is 23.7 Å². The fraction of sp³-hybridized carbons (Fsp3) is 0.583. The maximum absolute atomic E-state index is 5.59. The monoisotopic (exact) mass is 231 g/mol. The number of aromatic nitrogens is 4. The minimum absolute atomic E-state index is 0.488. The Labute approximate surface area is 100 Å². The van der Waals surface area contributed by atoms with Crippen LogP contribution < -0.4 is 5.73 Å². The smallest absolute Gasteiger partial charge is 0.178 e. The molecule has 0 bridgehead atoms. The molecule has 17 heavy (non-hydrogen) atoms. The van der Waals surface area contributed by atoms with Crippen molar-refractivity contribution < 1.29 is 0 Å². The number of nitrogens with zero attached hydrogens (tertiary/aromatic N) is 4. The first-order valence-electron chi connectivity index (χ1n) is 6.28. The summed E-state index contributed by atoms with van der Waals surface area (Å²) in [5.41, 5.74) is 8.53. The van der Waals surface area contributed by atoms with E-state index in [1.807, 2.05) is 12.4 Å². The van der Waals surface area contributed by atoms with E-state index in [1.165, 1.54) is 32.1 Å². The highest BCUT2D eigenvalue weighted by Gasteiger charge is 2.21. The second-order valence-electron chi connectivity index (χ2n) is 4.74. The van der Waals surface area contributed by atoms with Crippen molar-refractivity contribution in [3.8, 4) is 0 Å². The van der Waals surface area contributed by atoms with Crippen molar-refractivity contribution in [2.75, 3.05) is 0 Å². The third kappa shape index (κ3) is 1.91. The van der Waals surface area contributed by atoms with E-state index in [9.17, 15) is 0 Å². The van der Waals surface area contributed by atoms with E-state index in [4.69, 9.17) is 5.73 Å². The molecule has 0 spiro atoms. The summed E-state index contributed by atoms with van der Waals surface area (Å²) in [5.74, 6) is 0.539. The van der Waals surface area contributed by atoms with Crippen LogP contribution >= 0.6 is 0 Å². The third-order valence-electron chi connectivity index (χ3n) is 3.56. The molecule has 5 heteroatoms. The Kier molecular flexibility index (Phi) is 2.76. The molecule has 5 nitrogen and oxygen atoms in total. The highest BCUT2D eigenvalue weighted by molar-refractivity contribution is 5.44. The minimum Gasteiger partial charge on any atom is -0.326 e. The molecule has 0 aliphatic heterocycles. The summed E-state index contributed by atoms with van der Waals surface area (Å²) in [5, 5.41) is 8.46. The average Bonchev–Trinajstić information content (AvgIpc) is 2.82. The molecule has 0 atom stereocenters. The van der Waals surface area contributed by atoms with Gasteiger partial charge in [-0.2, -0.15) is 0 Å². The summed E-state index contributed by atoms with van der Waals surface area (Å²) < 4.78 is 1.76. The molecule has 90 valence electrons. The number of hydrogen-bond acceptors (Lipinski definition) is 4.